The Bertz CT molecular complexity index is 1130. The minimum absolute atomic E-state index is 0.00308. The smallest absolute Gasteiger partial charge is 0.294 e. The van der Waals surface area contributed by atoms with E-state index in [4.69, 9.17) is 16.3 Å². The predicted molar refractivity (Wildman–Crippen MR) is 123 cm³/mol. The zero-order chi connectivity index (χ0) is 22.6. The number of carbonyl (C=O) groups excluding carboxylic acids is 2. The second-order valence-electron chi connectivity index (χ2n) is 6.23. The van der Waals surface area contributed by atoms with Gasteiger partial charge in [-0.25, -0.2) is 0 Å². The Balaban J connectivity index is 1.75. The zero-order valence-corrected chi connectivity index (χ0v) is 19.5. The molecule has 1 atom stereocenters. The van der Waals surface area contributed by atoms with E-state index in [1.54, 1.807) is 24.3 Å². The van der Waals surface area contributed by atoms with Crippen LogP contribution >= 0.6 is 34.7 Å². The van der Waals surface area contributed by atoms with Crippen molar-refractivity contribution in [2.75, 3.05) is 19.0 Å². The van der Waals surface area contributed by atoms with Crippen molar-refractivity contribution in [3.05, 3.63) is 53.4 Å². The first-order chi connectivity index (χ1) is 14.7. The number of methoxy groups -OCH3 is 1. The van der Waals surface area contributed by atoms with E-state index in [-0.39, 0.29) is 28.2 Å². The maximum absolute atomic E-state index is 12.8. The molecule has 1 aliphatic rings. The van der Waals surface area contributed by atoms with Gasteiger partial charge >= 0.3 is 0 Å². The molecular weight excluding hydrogens is 482 g/mol. The monoisotopic (exact) mass is 499 g/mol. The van der Waals surface area contributed by atoms with E-state index in [0.29, 0.717) is 15.8 Å². The van der Waals surface area contributed by atoms with E-state index >= 15 is 0 Å². The molecule has 1 aliphatic heterocycles. The van der Waals surface area contributed by atoms with E-state index in [1.165, 1.54) is 30.2 Å². The van der Waals surface area contributed by atoms with Crippen LogP contribution < -0.4 is 10.1 Å². The summed E-state index contributed by atoms with van der Waals surface area (Å²) in [6, 6.07) is 9.56. The van der Waals surface area contributed by atoms with Crippen LogP contribution in [-0.4, -0.2) is 49.2 Å². The van der Waals surface area contributed by atoms with Crippen molar-refractivity contribution in [3.63, 3.8) is 0 Å². The van der Waals surface area contributed by atoms with Gasteiger partial charge in [-0.1, -0.05) is 29.4 Å². The number of nitrogens with one attached hydrogen (secondary N) is 1. The molecule has 1 saturated heterocycles. The second kappa shape index (κ2) is 9.86. The van der Waals surface area contributed by atoms with Crippen LogP contribution in [0, 0.1) is 0 Å². The van der Waals surface area contributed by atoms with Gasteiger partial charge in [0.15, 0.2) is 5.17 Å². The Morgan fingerprint density at radius 2 is 2.03 bits per heavy atom. The average molecular weight is 500 g/mol. The molecule has 0 unspecified atom stereocenters. The Morgan fingerprint density at radius 1 is 1.32 bits per heavy atom. The third kappa shape index (κ3) is 5.67. The van der Waals surface area contributed by atoms with Crippen LogP contribution in [0.4, 0.5) is 5.69 Å². The molecule has 2 heterocycles. The molecule has 1 fully saturated rings. The highest BCUT2D eigenvalue weighted by atomic mass is 35.5. The molecule has 0 spiro atoms. The summed E-state index contributed by atoms with van der Waals surface area (Å²) in [5.74, 6) is -0.148. The molecular formula is C19H18ClN3O5S3. The number of thioether (sulfide) groups is 1. The topological polar surface area (TPSA) is 105 Å². The van der Waals surface area contributed by atoms with Crippen LogP contribution in [0.1, 0.15) is 6.42 Å². The Hall–Kier alpha value is -2.34. The maximum atomic E-state index is 12.8. The lowest BCUT2D eigenvalue weighted by Crippen LogP contribution is -2.33. The summed E-state index contributed by atoms with van der Waals surface area (Å²) in [5.41, 5.74) is 0.551. The molecule has 2 amide bonds. The summed E-state index contributed by atoms with van der Waals surface area (Å²) in [6.07, 6.45) is 1.31. The standard InChI is InChI=1S/C19H18ClN3O5S3/c1-3-10-23-18(25)14(11-16(24)21-12-4-6-13(28-2)7-5-12)29-19(23)22-31(26,27)17-9-8-15(20)30-17/h3-9,14H,1,10-11H2,2H3,(H,21,24)/t14-/m1/s1. The minimum Gasteiger partial charge on any atom is -0.497 e. The molecule has 8 nitrogen and oxygen atoms in total. The zero-order valence-electron chi connectivity index (χ0n) is 16.3. The van der Waals surface area contributed by atoms with Crippen LogP contribution in [0.5, 0.6) is 5.75 Å². The van der Waals surface area contributed by atoms with Crippen LogP contribution in [0.2, 0.25) is 4.34 Å². The lowest BCUT2D eigenvalue weighted by molar-refractivity contribution is -0.127. The van der Waals surface area contributed by atoms with Crippen molar-refractivity contribution in [1.29, 1.82) is 0 Å². The van der Waals surface area contributed by atoms with Crippen molar-refractivity contribution in [1.82, 2.24) is 4.90 Å². The van der Waals surface area contributed by atoms with Crippen molar-refractivity contribution >= 4 is 67.4 Å². The number of halogens is 1. The molecule has 1 aromatic carbocycles. The van der Waals surface area contributed by atoms with Gasteiger partial charge in [0.2, 0.25) is 11.8 Å². The number of thiophene rings is 1. The number of amides is 2. The molecule has 0 radical (unpaired) electrons. The van der Waals surface area contributed by atoms with Gasteiger partial charge in [0, 0.05) is 18.7 Å². The molecule has 12 heteroatoms. The van der Waals surface area contributed by atoms with Crippen LogP contribution in [0.15, 0.2) is 57.7 Å². The summed E-state index contributed by atoms with van der Waals surface area (Å²) in [6.45, 7) is 3.67. The van der Waals surface area contributed by atoms with Gasteiger partial charge in [0.05, 0.1) is 11.4 Å². The summed E-state index contributed by atoms with van der Waals surface area (Å²) in [5, 5.41) is 1.90. The largest absolute Gasteiger partial charge is 0.497 e. The number of carbonyl (C=O) groups is 2. The Labute approximate surface area is 193 Å². The fourth-order valence-corrected chi connectivity index (χ4v) is 6.47. The SMILES string of the molecule is C=CCN1C(=O)[C@@H](CC(=O)Nc2ccc(OC)cc2)SC1=NS(=O)(=O)c1ccc(Cl)s1. The lowest BCUT2D eigenvalue weighted by atomic mass is 10.2. The first kappa shape index (κ1) is 23.3. The summed E-state index contributed by atoms with van der Waals surface area (Å²) < 4.78 is 34.3. The first-order valence-corrected chi connectivity index (χ1v) is 12.4. The van der Waals surface area contributed by atoms with Crippen molar-refractivity contribution in [2.24, 2.45) is 4.40 Å². The van der Waals surface area contributed by atoms with Crippen LogP contribution in [0.25, 0.3) is 0 Å². The molecule has 0 saturated carbocycles. The number of hydrogen-bond donors (Lipinski definition) is 1. The fourth-order valence-electron chi connectivity index (χ4n) is 2.65. The normalized spacial score (nSPS) is 17.7. The first-order valence-electron chi connectivity index (χ1n) is 8.86. The molecule has 1 aromatic heterocycles. The maximum Gasteiger partial charge on any atom is 0.294 e. The van der Waals surface area contributed by atoms with Gasteiger partial charge in [-0.05, 0) is 36.4 Å². The number of hydrogen-bond acceptors (Lipinski definition) is 7. The van der Waals surface area contributed by atoms with Gasteiger partial charge < -0.3 is 10.1 Å². The Kier molecular flexibility index (Phi) is 7.42. The minimum atomic E-state index is -4.04. The van der Waals surface area contributed by atoms with Crippen molar-refractivity contribution in [2.45, 2.75) is 15.9 Å². The number of nitrogens with zero attached hydrogens (tertiary/aromatic N) is 2. The second-order valence-corrected chi connectivity index (χ2v) is 10.9. The highest BCUT2D eigenvalue weighted by molar-refractivity contribution is 8.16. The summed E-state index contributed by atoms with van der Waals surface area (Å²) in [7, 11) is -2.50. The van der Waals surface area contributed by atoms with Gasteiger partial charge in [0.1, 0.15) is 15.2 Å². The third-order valence-corrected chi connectivity index (χ3v) is 8.33. The Morgan fingerprint density at radius 3 is 2.61 bits per heavy atom. The van der Waals surface area contributed by atoms with Gasteiger partial charge in [-0.2, -0.15) is 8.42 Å². The quantitative estimate of drug-likeness (QED) is 0.556. The highest BCUT2D eigenvalue weighted by Gasteiger charge is 2.39. The third-order valence-electron chi connectivity index (χ3n) is 4.08. The summed E-state index contributed by atoms with van der Waals surface area (Å²) >= 11 is 7.62. The molecule has 3 rings (SSSR count). The van der Waals surface area contributed by atoms with E-state index in [0.717, 1.165) is 23.1 Å². The molecule has 31 heavy (non-hydrogen) atoms. The molecule has 164 valence electrons. The van der Waals surface area contributed by atoms with Gasteiger partial charge in [-0.15, -0.1) is 22.3 Å². The van der Waals surface area contributed by atoms with Crippen LogP contribution in [0.3, 0.4) is 0 Å². The van der Waals surface area contributed by atoms with Gasteiger partial charge in [-0.3, -0.25) is 14.5 Å². The molecule has 0 bridgehead atoms. The molecule has 2 aromatic rings. The van der Waals surface area contributed by atoms with E-state index in [2.05, 4.69) is 16.3 Å². The number of sulfonamides is 1. The highest BCUT2D eigenvalue weighted by Crippen LogP contribution is 2.33. The number of ether oxygens (including phenoxy) is 1. The number of amidine groups is 1. The lowest BCUT2D eigenvalue weighted by Gasteiger charge is -2.13. The van der Waals surface area contributed by atoms with Crippen LogP contribution in [-0.2, 0) is 19.6 Å². The molecule has 0 aliphatic carbocycles. The predicted octanol–water partition coefficient (Wildman–Crippen LogP) is 3.61. The van der Waals surface area contributed by atoms with E-state index < -0.39 is 21.2 Å². The number of anilines is 1. The van der Waals surface area contributed by atoms with E-state index in [1.807, 2.05) is 0 Å². The number of benzene rings is 1. The average Bonchev–Trinajstić information content (AvgIpc) is 3.28. The number of rotatable bonds is 8. The van der Waals surface area contributed by atoms with Gasteiger partial charge in [0.25, 0.3) is 10.0 Å². The van der Waals surface area contributed by atoms with E-state index in [9.17, 15) is 18.0 Å². The van der Waals surface area contributed by atoms with Crippen molar-refractivity contribution in [3.8, 4) is 5.75 Å². The summed E-state index contributed by atoms with van der Waals surface area (Å²) in [4.78, 5) is 26.4. The molecule has 1 N–H and O–H groups in total. The van der Waals surface area contributed by atoms with Crippen molar-refractivity contribution < 1.29 is 22.7 Å². The fraction of sp³-hybridized carbons (Fsp3) is 0.211.